The third-order valence-corrected chi connectivity index (χ3v) is 3.18. The molecule has 0 bridgehead atoms. The fourth-order valence-corrected chi connectivity index (χ4v) is 2.18. The van der Waals surface area contributed by atoms with Gasteiger partial charge in [-0.2, -0.15) is 0 Å². The second-order valence-corrected chi connectivity index (χ2v) is 4.81. The zero-order valence-electron chi connectivity index (χ0n) is 7.26. The molecule has 1 aromatic rings. The molecule has 0 saturated heterocycles. The largest absolute Gasteiger partial charge is 0.383 e. The van der Waals surface area contributed by atoms with Crippen molar-refractivity contribution in [3.8, 4) is 0 Å². The first kappa shape index (κ1) is 11.4. The lowest BCUT2D eigenvalue weighted by atomic mass is 10.1. The summed E-state index contributed by atoms with van der Waals surface area (Å²) in [5.41, 5.74) is 7.05. The van der Waals surface area contributed by atoms with Crippen LogP contribution in [0.2, 0.25) is 0 Å². The minimum atomic E-state index is -0.0469. The van der Waals surface area contributed by atoms with Gasteiger partial charge in [-0.1, -0.05) is 15.9 Å². The summed E-state index contributed by atoms with van der Waals surface area (Å²) >= 11 is 5.69. The maximum absolute atomic E-state index is 5.92. The lowest BCUT2D eigenvalue weighted by Gasteiger charge is -2.12. The number of hydrogen-bond acceptors (Lipinski definition) is 2. The van der Waals surface area contributed by atoms with Crippen LogP contribution in [0.1, 0.15) is 11.6 Å². The first-order chi connectivity index (χ1) is 6.15. The van der Waals surface area contributed by atoms with Crippen LogP contribution in [0.3, 0.4) is 0 Å². The van der Waals surface area contributed by atoms with Gasteiger partial charge in [0.05, 0.1) is 12.6 Å². The number of hydrogen-bond donors (Lipinski definition) is 1. The van der Waals surface area contributed by atoms with Gasteiger partial charge in [0.15, 0.2) is 0 Å². The summed E-state index contributed by atoms with van der Waals surface area (Å²) in [5.74, 6) is 0. The topological polar surface area (TPSA) is 35.2 Å². The molecule has 0 saturated carbocycles. The molecule has 1 rings (SSSR count). The Morgan fingerprint density at radius 1 is 1.62 bits per heavy atom. The molecule has 0 aliphatic heterocycles. The van der Waals surface area contributed by atoms with Gasteiger partial charge < -0.3 is 10.5 Å². The Morgan fingerprint density at radius 3 is 2.92 bits per heavy atom. The van der Waals surface area contributed by atoms with Gasteiger partial charge in [0, 0.05) is 15.2 Å². The van der Waals surface area contributed by atoms with Crippen LogP contribution < -0.4 is 5.73 Å². The molecule has 72 valence electrons. The number of ether oxygens (including phenoxy) is 1. The third kappa shape index (κ3) is 3.19. The van der Waals surface area contributed by atoms with Gasteiger partial charge in [-0.3, -0.25) is 0 Å². The number of benzene rings is 1. The van der Waals surface area contributed by atoms with E-state index in [0.717, 1.165) is 10.0 Å². The Bertz CT molecular complexity index is 293. The van der Waals surface area contributed by atoms with E-state index < -0.39 is 0 Å². The van der Waals surface area contributed by atoms with Gasteiger partial charge in [0.25, 0.3) is 0 Å². The molecule has 0 aliphatic carbocycles. The monoisotopic (exact) mass is 355 g/mol. The average molecular weight is 356 g/mol. The van der Waals surface area contributed by atoms with Gasteiger partial charge in [0.1, 0.15) is 0 Å². The maximum Gasteiger partial charge on any atom is 0.0655 e. The molecule has 0 fully saturated rings. The van der Waals surface area contributed by atoms with E-state index in [1.165, 1.54) is 3.57 Å². The highest BCUT2D eigenvalue weighted by Gasteiger charge is 2.09. The van der Waals surface area contributed by atoms with E-state index in [4.69, 9.17) is 10.5 Å². The van der Waals surface area contributed by atoms with Crippen LogP contribution in [0.5, 0.6) is 0 Å². The summed E-state index contributed by atoms with van der Waals surface area (Å²) in [6, 6.07) is 6.03. The van der Waals surface area contributed by atoms with Crippen LogP contribution in [0.4, 0.5) is 0 Å². The van der Waals surface area contributed by atoms with Crippen LogP contribution in [0.15, 0.2) is 22.7 Å². The lowest BCUT2D eigenvalue weighted by Crippen LogP contribution is -2.17. The Labute approximate surface area is 100 Å². The van der Waals surface area contributed by atoms with Gasteiger partial charge >= 0.3 is 0 Å². The molecule has 0 spiro atoms. The molecule has 4 heteroatoms. The molecule has 0 aromatic heterocycles. The Morgan fingerprint density at radius 2 is 2.31 bits per heavy atom. The number of halogens is 2. The number of nitrogens with two attached hydrogens (primary N) is 1. The SMILES string of the molecule is COCC(N)c1cc(Br)ccc1I. The fraction of sp³-hybridized carbons (Fsp3) is 0.333. The smallest absolute Gasteiger partial charge is 0.0655 e. The fourth-order valence-electron chi connectivity index (χ4n) is 1.07. The summed E-state index contributed by atoms with van der Waals surface area (Å²) in [5, 5.41) is 0. The molecule has 0 radical (unpaired) electrons. The maximum atomic E-state index is 5.92. The predicted octanol–water partition coefficient (Wildman–Crippen LogP) is 2.70. The highest BCUT2D eigenvalue weighted by atomic mass is 127. The van der Waals surface area contributed by atoms with Gasteiger partial charge in [0.2, 0.25) is 0 Å². The predicted molar refractivity (Wildman–Crippen MR) is 65.7 cm³/mol. The van der Waals surface area contributed by atoms with Crippen molar-refractivity contribution in [3.05, 3.63) is 31.8 Å². The first-order valence-electron chi connectivity index (χ1n) is 3.84. The van der Waals surface area contributed by atoms with E-state index in [1.807, 2.05) is 18.2 Å². The minimum Gasteiger partial charge on any atom is -0.383 e. The van der Waals surface area contributed by atoms with Crippen LogP contribution in [-0.2, 0) is 4.74 Å². The molecule has 2 nitrogen and oxygen atoms in total. The second-order valence-electron chi connectivity index (χ2n) is 2.73. The van der Waals surface area contributed by atoms with Gasteiger partial charge in [-0.05, 0) is 46.4 Å². The molecule has 1 atom stereocenters. The van der Waals surface area contributed by atoms with Crippen LogP contribution in [0, 0.1) is 3.57 Å². The van der Waals surface area contributed by atoms with E-state index >= 15 is 0 Å². The molecular weight excluding hydrogens is 345 g/mol. The van der Waals surface area contributed by atoms with Crippen LogP contribution >= 0.6 is 38.5 Å². The molecule has 1 unspecified atom stereocenters. The highest BCUT2D eigenvalue weighted by molar-refractivity contribution is 14.1. The van der Waals surface area contributed by atoms with Crippen LogP contribution in [-0.4, -0.2) is 13.7 Å². The van der Waals surface area contributed by atoms with Crippen molar-refractivity contribution in [1.29, 1.82) is 0 Å². The third-order valence-electron chi connectivity index (χ3n) is 1.70. The molecule has 0 amide bonds. The molecule has 13 heavy (non-hydrogen) atoms. The summed E-state index contributed by atoms with van der Waals surface area (Å²) in [6.07, 6.45) is 0. The first-order valence-corrected chi connectivity index (χ1v) is 5.71. The quantitative estimate of drug-likeness (QED) is 0.846. The van der Waals surface area contributed by atoms with Crippen molar-refractivity contribution < 1.29 is 4.74 Å². The summed E-state index contributed by atoms with van der Waals surface area (Å²) in [7, 11) is 1.66. The standard InChI is InChI=1S/C9H11BrINO/c1-13-5-9(12)7-4-6(10)2-3-8(7)11/h2-4,9H,5,12H2,1H3. The van der Waals surface area contributed by atoms with Crippen molar-refractivity contribution >= 4 is 38.5 Å². The van der Waals surface area contributed by atoms with Crippen molar-refractivity contribution in [1.82, 2.24) is 0 Å². The van der Waals surface area contributed by atoms with Gasteiger partial charge in [-0.15, -0.1) is 0 Å². The highest BCUT2D eigenvalue weighted by Crippen LogP contribution is 2.22. The number of rotatable bonds is 3. The molecule has 2 N–H and O–H groups in total. The average Bonchev–Trinajstić information content (AvgIpc) is 2.09. The molecular formula is C9H11BrINO. The second kappa shape index (κ2) is 5.29. The van der Waals surface area contributed by atoms with E-state index in [2.05, 4.69) is 38.5 Å². The van der Waals surface area contributed by atoms with Crippen LogP contribution in [0.25, 0.3) is 0 Å². The Kier molecular flexibility index (Phi) is 4.64. The van der Waals surface area contributed by atoms with E-state index in [9.17, 15) is 0 Å². The molecule has 0 heterocycles. The summed E-state index contributed by atoms with van der Waals surface area (Å²) in [4.78, 5) is 0. The summed E-state index contributed by atoms with van der Waals surface area (Å²) in [6.45, 7) is 0.548. The summed E-state index contributed by atoms with van der Waals surface area (Å²) < 4.78 is 7.23. The Hall–Kier alpha value is 0.350. The van der Waals surface area contributed by atoms with Crippen molar-refractivity contribution in [2.75, 3.05) is 13.7 Å². The lowest BCUT2D eigenvalue weighted by molar-refractivity contribution is 0.180. The van der Waals surface area contributed by atoms with Crippen molar-refractivity contribution in [3.63, 3.8) is 0 Å². The van der Waals surface area contributed by atoms with Crippen molar-refractivity contribution in [2.24, 2.45) is 5.73 Å². The zero-order valence-corrected chi connectivity index (χ0v) is 11.0. The zero-order chi connectivity index (χ0) is 9.84. The molecule has 1 aromatic carbocycles. The number of methoxy groups -OCH3 is 1. The van der Waals surface area contributed by atoms with E-state index in [1.54, 1.807) is 7.11 Å². The van der Waals surface area contributed by atoms with Gasteiger partial charge in [-0.25, -0.2) is 0 Å². The van der Waals surface area contributed by atoms with Crippen molar-refractivity contribution in [2.45, 2.75) is 6.04 Å². The molecule has 0 aliphatic rings. The normalized spacial score (nSPS) is 12.9. The van der Waals surface area contributed by atoms with E-state index in [-0.39, 0.29) is 6.04 Å². The van der Waals surface area contributed by atoms with E-state index in [0.29, 0.717) is 6.61 Å². The minimum absolute atomic E-state index is 0.0469. The Balaban J connectivity index is 2.91.